The Morgan fingerprint density at radius 1 is 1.09 bits per heavy atom. The highest BCUT2D eigenvalue weighted by Gasteiger charge is 2.27. The molecule has 0 N–H and O–H groups in total. The predicted octanol–water partition coefficient (Wildman–Crippen LogP) is 5.15. The van der Waals surface area contributed by atoms with Crippen LogP contribution in [0.3, 0.4) is 0 Å². The molecule has 5 nitrogen and oxygen atoms in total. The summed E-state index contributed by atoms with van der Waals surface area (Å²) in [4.78, 5) is 22.1. The van der Waals surface area contributed by atoms with Gasteiger partial charge in [0.2, 0.25) is 0 Å². The molecule has 1 amide bonds. The van der Waals surface area contributed by atoms with E-state index < -0.39 is 0 Å². The highest BCUT2D eigenvalue weighted by Crippen LogP contribution is 2.24. The van der Waals surface area contributed by atoms with E-state index >= 15 is 0 Å². The number of pyridine rings is 1. The lowest BCUT2D eigenvalue weighted by Gasteiger charge is -2.35. The molecule has 1 aliphatic rings. The molecule has 0 unspecified atom stereocenters. The minimum absolute atomic E-state index is 0.0261. The molecule has 0 radical (unpaired) electrons. The number of hydrogen-bond donors (Lipinski definition) is 0. The van der Waals surface area contributed by atoms with Gasteiger partial charge in [-0.2, -0.15) is 0 Å². The molecule has 2 aromatic heterocycles. The SMILES string of the molecule is Cc1cc(C)c(C(=O)N(Cc2cccnc2)CC2CCN(Cc3ccccc3C)CC2)o1. The second kappa shape index (κ2) is 10.1. The maximum Gasteiger partial charge on any atom is 0.290 e. The average molecular weight is 432 g/mol. The molecule has 168 valence electrons. The van der Waals surface area contributed by atoms with Gasteiger partial charge in [-0.25, -0.2) is 0 Å². The fraction of sp³-hybridized carbons (Fsp3) is 0.407. The van der Waals surface area contributed by atoms with Crippen LogP contribution >= 0.6 is 0 Å². The zero-order valence-corrected chi connectivity index (χ0v) is 19.4. The highest BCUT2D eigenvalue weighted by molar-refractivity contribution is 5.93. The van der Waals surface area contributed by atoms with E-state index in [-0.39, 0.29) is 5.91 Å². The first-order chi connectivity index (χ1) is 15.5. The molecule has 0 bridgehead atoms. The molecule has 0 saturated carbocycles. The van der Waals surface area contributed by atoms with Crippen LogP contribution in [0.5, 0.6) is 0 Å². The van der Waals surface area contributed by atoms with Crippen LogP contribution in [-0.4, -0.2) is 40.3 Å². The maximum atomic E-state index is 13.4. The largest absolute Gasteiger partial charge is 0.456 e. The Morgan fingerprint density at radius 2 is 1.88 bits per heavy atom. The molecule has 1 aromatic carbocycles. The number of aryl methyl sites for hydroxylation is 3. The molecule has 1 aliphatic heterocycles. The fourth-order valence-corrected chi connectivity index (χ4v) is 4.60. The first-order valence-electron chi connectivity index (χ1n) is 11.5. The second-order valence-corrected chi connectivity index (χ2v) is 9.06. The monoisotopic (exact) mass is 431 g/mol. The van der Waals surface area contributed by atoms with Crippen molar-refractivity contribution in [2.75, 3.05) is 19.6 Å². The number of furan rings is 1. The van der Waals surface area contributed by atoms with Crippen molar-refractivity contribution in [3.05, 3.63) is 88.6 Å². The number of nitrogens with zero attached hydrogens (tertiary/aromatic N) is 3. The summed E-state index contributed by atoms with van der Waals surface area (Å²) in [6.45, 7) is 10.4. The van der Waals surface area contributed by atoms with Crippen molar-refractivity contribution >= 4 is 5.91 Å². The minimum atomic E-state index is -0.0261. The maximum absolute atomic E-state index is 13.4. The summed E-state index contributed by atoms with van der Waals surface area (Å²) in [5.74, 6) is 1.70. The number of benzene rings is 1. The molecule has 4 rings (SSSR count). The Bertz CT molecular complexity index is 1040. The normalized spacial score (nSPS) is 15.1. The van der Waals surface area contributed by atoms with E-state index in [1.807, 2.05) is 43.1 Å². The molecule has 3 aromatic rings. The highest BCUT2D eigenvalue weighted by atomic mass is 16.4. The summed E-state index contributed by atoms with van der Waals surface area (Å²) in [6.07, 6.45) is 5.79. The summed E-state index contributed by atoms with van der Waals surface area (Å²) in [6, 6.07) is 14.5. The van der Waals surface area contributed by atoms with Gasteiger partial charge in [0.15, 0.2) is 5.76 Å². The van der Waals surface area contributed by atoms with Crippen LogP contribution in [0, 0.1) is 26.7 Å². The molecule has 1 fully saturated rings. The number of amides is 1. The van der Waals surface area contributed by atoms with Gasteiger partial charge in [0.25, 0.3) is 5.91 Å². The number of likely N-dealkylation sites (tertiary alicyclic amines) is 1. The third kappa shape index (κ3) is 5.46. The number of aromatic nitrogens is 1. The van der Waals surface area contributed by atoms with E-state index in [1.54, 1.807) is 6.20 Å². The zero-order chi connectivity index (χ0) is 22.5. The van der Waals surface area contributed by atoms with Crippen molar-refractivity contribution in [2.45, 2.75) is 46.7 Å². The van der Waals surface area contributed by atoms with E-state index in [4.69, 9.17) is 4.42 Å². The van der Waals surface area contributed by atoms with E-state index in [1.165, 1.54) is 11.1 Å². The summed E-state index contributed by atoms with van der Waals surface area (Å²) >= 11 is 0. The van der Waals surface area contributed by atoms with E-state index in [2.05, 4.69) is 41.1 Å². The molecule has 1 saturated heterocycles. The molecule has 5 heteroatoms. The first kappa shape index (κ1) is 22.3. The van der Waals surface area contributed by atoms with Gasteiger partial charge in [0, 0.05) is 37.6 Å². The quantitative estimate of drug-likeness (QED) is 0.519. The number of hydrogen-bond acceptors (Lipinski definition) is 4. The van der Waals surface area contributed by atoms with Crippen molar-refractivity contribution in [3.63, 3.8) is 0 Å². The number of rotatable bonds is 7. The van der Waals surface area contributed by atoms with Crippen LogP contribution < -0.4 is 0 Å². The van der Waals surface area contributed by atoms with Crippen LogP contribution in [0.2, 0.25) is 0 Å². The van der Waals surface area contributed by atoms with E-state index in [0.29, 0.717) is 18.2 Å². The van der Waals surface area contributed by atoms with Crippen molar-refractivity contribution in [1.82, 2.24) is 14.8 Å². The van der Waals surface area contributed by atoms with E-state index in [0.717, 1.165) is 55.9 Å². The lowest BCUT2D eigenvalue weighted by molar-refractivity contribution is 0.0638. The molecule has 32 heavy (non-hydrogen) atoms. The Labute approximate surface area is 191 Å². The fourth-order valence-electron chi connectivity index (χ4n) is 4.60. The molecule has 0 aliphatic carbocycles. The van der Waals surface area contributed by atoms with E-state index in [9.17, 15) is 4.79 Å². The van der Waals surface area contributed by atoms with Crippen molar-refractivity contribution in [3.8, 4) is 0 Å². The lowest BCUT2D eigenvalue weighted by atomic mass is 9.95. The van der Waals surface area contributed by atoms with Crippen LogP contribution in [0.4, 0.5) is 0 Å². The van der Waals surface area contributed by atoms with Gasteiger partial charge in [0.05, 0.1) is 0 Å². The lowest BCUT2D eigenvalue weighted by Crippen LogP contribution is -2.40. The van der Waals surface area contributed by atoms with Crippen LogP contribution in [-0.2, 0) is 13.1 Å². The number of carbonyl (C=O) groups excluding carboxylic acids is 1. The van der Waals surface area contributed by atoms with Gasteiger partial charge >= 0.3 is 0 Å². The minimum Gasteiger partial charge on any atom is -0.456 e. The van der Waals surface area contributed by atoms with Gasteiger partial charge in [-0.15, -0.1) is 0 Å². The molecular formula is C27H33N3O2. The van der Waals surface area contributed by atoms with Crippen LogP contribution in [0.25, 0.3) is 0 Å². The predicted molar refractivity (Wildman–Crippen MR) is 126 cm³/mol. The topological polar surface area (TPSA) is 49.6 Å². The van der Waals surface area contributed by atoms with Gasteiger partial charge in [-0.05, 0) is 81.4 Å². The zero-order valence-electron chi connectivity index (χ0n) is 19.4. The summed E-state index contributed by atoms with van der Waals surface area (Å²) in [5, 5.41) is 0. The molecule has 0 spiro atoms. The summed E-state index contributed by atoms with van der Waals surface area (Å²) in [7, 11) is 0. The third-order valence-corrected chi connectivity index (χ3v) is 6.46. The summed E-state index contributed by atoms with van der Waals surface area (Å²) in [5.41, 5.74) is 4.70. The van der Waals surface area contributed by atoms with Crippen LogP contribution in [0.1, 0.15) is 51.4 Å². The van der Waals surface area contributed by atoms with Gasteiger partial charge < -0.3 is 9.32 Å². The number of piperidine rings is 1. The Morgan fingerprint density at radius 3 is 2.53 bits per heavy atom. The van der Waals surface area contributed by atoms with Gasteiger partial charge in [-0.3, -0.25) is 14.7 Å². The standard InChI is InChI=1S/C27H33N3O2/c1-20-7-4-5-9-25(20)19-29-13-10-23(11-14-29)17-30(18-24-8-6-12-28-16-24)27(31)26-21(2)15-22(3)32-26/h4-9,12,15-16,23H,10-11,13-14,17-19H2,1-3H3. The van der Waals surface area contributed by atoms with Crippen molar-refractivity contribution in [2.24, 2.45) is 5.92 Å². The number of carbonyl (C=O) groups is 1. The second-order valence-electron chi connectivity index (χ2n) is 9.06. The molecule has 3 heterocycles. The van der Waals surface area contributed by atoms with Crippen LogP contribution in [0.15, 0.2) is 59.3 Å². The van der Waals surface area contributed by atoms with Gasteiger partial charge in [0.1, 0.15) is 5.76 Å². The Hall–Kier alpha value is -2.92. The molecule has 0 atom stereocenters. The van der Waals surface area contributed by atoms with Crippen molar-refractivity contribution < 1.29 is 9.21 Å². The first-order valence-corrected chi connectivity index (χ1v) is 11.5. The van der Waals surface area contributed by atoms with Gasteiger partial charge in [-0.1, -0.05) is 30.3 Å². The molecular weight excluding hydrogens is 398 g/mol. The Balaban J connectivity index is 1.41. The summed E-state index contributed by atoms with van der Waals surface area (Å²) < 4.78 is 5.76. The Kier molecular flexibility index (Phi) is 7.05. The average Bonchev–Trinajstić information content (AvgIpc) is 3.14. The van der Waals surface area contributed by atoms with Crippen molar-refractivity contribution in [1.29, 1.82) is 0 Å². The smallest absolute Gasteiger partial charge is 0.290 e. The third-order valence-electron chi connectivity index (χ3n) is 6.46.